The number of ether oxygens (including phenoxy) is 1. The van der Waals surface area contributed by atoms with Crippen molar-refractivity contribution in [3.8, 4) is 0 Å². The number of carbonyl (C=O) groups excluding carboxylic acids is 2. The van der Waals surface area contributed by atoms with Crippen LogP contribution in [0, 0.1) is 12.8 Å². The fraction of sp³-hybridized carbons (Fsp3) is 0.450. The van der Waals surface area contributed by atoms with Gasteiger partial charge in [0.2, 0.25) is 0 Å². The van der Waals surface area contributed by atoms with Crippen LogP contribution in [0.4, 0.5) is 4.79 Å². The Kier molecular flexibility index (Phi) is 9.01. The molecule has 1 saturated heterocycles. The number of sulfonamides is 1. The van der Waals surface area contributed by atoms with Gasteiger partial charge < -0.3 is 10.1 Å². The van der Waals surface area contributed by atoms with Gasteiger partial charge in [-0.05, 0) is 38.8 Å². The third kappa shape index (κ3) is 7.29. The molecule has 2 N–H and O–H groups in total. The molecule has 170 valence electrons. The minimum Gasteiger partial charge on any atom is -0.465 e. The van der Waals surface area contributed by atoms with E-state index in [-0.39, 0.29) is 23.0 Å². The van der Waals surface area contributed by atoms with E-state index >= 15 is 0 Å². The van der Waals surface area contributed by atoms with Crippen LogP contribution in [0.25, 0.3) is 0 Å². The van der Waals surface area contributed by atoms with Crippen molar-refractivity contribution in [2.45, 2.75) is 44.8 Å². The van der Waals surface area contributed by atoms with Crippen molar-refractivity contribution < 1.29 is 22.7 Å². The highest BCUT2D eigenvalue weighted by Crippen LogP contribution is 2.36. The summed E-state index contributed by atoms with van der Waals surface area (Å²) in [5, 5.41) is 4.54. The predicted octanol–water partition coefficient (Wildman–Crippen LogP) is 3.64. The van der Waals surface area contributed by atoms with E-state index in [1.54, 1.807) is 26.0 Å². The van der Waals surface area contributed by atoms with Crippen molar-refractivity contribution in [3.05, 3.63) is 39.8 Å². The van der Waals surface area contributed by atoms with Crippen LogP contribution in [0.5, 0.6) is 0 Å². The topological polar surface area (TPSA) is 114 Å². The van der Waals surface area contributed by atoms with E-state index in [1.165, 1.54) is 35.7 Å². The van der Waals surface area contributed by atoms with Crippen LogP contribution in [-0.4, -0.2) is 43.9 Å². The highest BCUT2D eigenvalue weighted by Gasteiger charge is 2.30. The van der Waals surface area contributed by atoms with Crippen LogP contribution in [-0.2, 0) is 19.6 Å². The first-order valence-corrected chi connectivity index (χ1v) is 13.0. The zero-order valence-corrected chi connectivity index (χ0v) is 20.5. The molecule has 0 bridgehead atoms. The average molecular weight is 486 g/mol. The summed E-state index contributed by atoms with van der Waals surface area (Å²) >= 11 is 2.62. The van der Waals surface area contributed by atoms with Crippen LogP contribution in [0.1, 0.15) is 33.3 Å². The largest absolute Gasteiger partial charge is 0.465 e. The second-order valence-corrected chi connectivity index (χ2v) is 11.4. The molecule has 1 aliphatic rings. The first kappa shape index (κ1) is 25.3. The van der Waals surface area contributed by atoms with Crippen molar-refractivity contribution >= 4 is 51.4 Å². The molecular weight excluding hydrogens is 458 g/mol. The molecule has 2 amide bonds. The molecule has 8 nitrogen and oxygen atoms in total. The number of amidine groups is 1. The number of carbonyl (C=O) groups is 2. The fourth-order valence-electron chi connectivity index (χ4n) is 2.35. The van der Waals surface area contributed by atoms with Gasteiger partial charge in [0.1, 0.15) is 10.9 Å². The molecule has 0 spiro atoms. The Morgan fingerprint density at radius 3 is 2.39 bits per heavy atom. The van der Waals surface area contributed by atoms with Crippen molar-refractivity contribution in [2.24, 2.45) is 10.3 Å². The molecule has 1 heterocycles. The number of urea groups is 1. The Hall–Kier alpha value is -1.98. The van der Waals surface area contributed by atoms with Crippen LogP contribution in [0.15, 0.2) is 43.5 Å². The molecule has 31 heavy (non-hydrogen) atoms. The van der Waals surface area contributed by atoms with E-state index in [9.17, 15) is 18.0 Å². The third-order valence-electron chi connectivity index (χ3n) is 3.89. The number of hydrogen-bond acceptors (Lipinski definition) is 7. The maximum absolute atomic E-state index is 12.8. The van der Waals surface area contributed by atoms with Crippen molar-refractivity contribution in [1.29, 1.82) is 0 Å². The number of rotatable bonds is 9. The Labute approximate surface area is 191 Å². The number of nitrogens with one attached hydrogen (secondary N) is 2. The first-order chi connectivity index (χ1) is 14.5. The Bertz CT molecular complexity index is 986. The fourth-order valence-corrected chi connectivity index (χ4v) is 5.75. The second kappa shape index (κ2) is 11.1. The normalized spacial score (nSPS) is 18.0. The molecule has 0 saturated carbocycles. The van der Waals surface area contributed by atoms with Gasteiger partial charge in [0.05, 0.1) is 15.7 Å². The summed E-state index contributed by atoms with van der Waals surface area (Å²) in [4.78, 5) is 24.2. The third-order valence-corrected chi connectivity index (χ3v) is 8.09. The molecule has 11 heteroatoms. The van der Waals surface area contributed by atoms with E-state index in [4.69, 9.17) is 4.74 Å². The summed E-state index contributed by atoms with van der Waals surface area (Å²) in [6, 6.07) is 5.70. The number of aryl methyl sites for hydroxylation is 1. The highest BCUT2D eigenvalue weighted by molar-refractivity contribution is 8.22. The molecule has 1 fully saturated rings. The molecule has 0 radical (unpaired) electrons. The standard InChI is InChI=1S/C20H27N3O5S3/c1-6-28-18(24)14(5)30-19(29-11-12(2)3)16-17(22-20(25)21-16)23-31(26,27)15-9-7-13(4)8-10-15/h7-10,12,14H,6,11H2,1-5H3,(H2,21,22,23,25). The summed E-state index contributed by atoms with van der Waals surface area (Å²) in [5.74, 6) is 0.551. The summed E-state index contributed by atoms with van der Waals surface area (Å²) in [6.45, 7) is 9.61. The quantitative estimate of drug-likeness (QED) is 0.513. The minimum atomic E-state index is -4.05. The zero-order chi connectivity index (χ0) is 23.2. The summed E-state index contributed by atoms with van der Waals surface area (Å²) in [5.41, 5.74) is 1.16. The average Bonchev–Trinajstić information content (AvgIpc) is 3.04. The van der Waals surface area contributed by atoms with Gasteiger partial charge in [-0.25, -0.2) is 4.79 Å². The van der Waals surface area contributed by atoms with Crippen LogP contribution in [0.3, 0.4) is 0 Å². The highest BCUT2D eigenvalue weighted by atomic mass is 32.2. The van der Waals surface area contributed by atoms with E-state index in [0.29, 0.717) is 15.9 Å². The smallest absolute Gasteiger partial charge is 0.325 e. The molecule has 1 aromatic carbocycles. The van der Waals surface area contributed by atoms with E-state index in [2.05, 4.69) is 15.0 Å². The Balaban J connectivity index is 2.46. The lowest BCUT2D eigenvalue weighted by molar-refractivity contribution is -0.142. The maximum atomic E-state index is 12.8. The van der Waals surface area contributed by atoms with E-state index in [1.807, 2.05) is 20.8 Å². The molecule has 1 aromatic rings. The van der Waals surface area contributed by atoms with Gasteiger partial charge in [-0.3, -0.25) is 10.1 Å². The molecular formula is C20H27N3O5S3. The molecule has 1 atom stereocenters. The SMILES string of the molecule is CCOC(=O)C(C)SC(SCC(C)C)=C1NC(=O)NC1=NS(=O)(=O)c1ccc(C)cc1. The first-order valence-electron chi connectivity index (χ1n) is 9.73. The Morgan fingerprint density at radius 2 is 1.81 bits per heavy atom. The van der Waals surface area contributed by atoms with Gasteiger partial charge in [0.15, 0.2) is 5.84 Å². The van der Waals surface area contributed by atoms with E-state index in [0.717, 1.165) is 5.56 Å². The molecule has 0 aromatic heterocycles. The summed E-state index contributed by atoms with van der Waals surface area (Å²) in [6.07, 6.45) is 0. The van der Waals surface area contributed by atoms with Gasteiger partial charge in [-0.1, -0.05) is 31.5 Å². The number of esters is 1. The van der Waals surface area contributed by atoms with Crippen molar-refractivity contribution in [1.82, 2.24) is 10.6 Å². The number of amides is 2. The Morgan fingerprint density at radius 1 is 1.16 bits per heavy atom. The number of nitrogens with zero attached hydrogens (tertiary/aromatic N) is 1. The van der Waals surface area contributed by atoms with Gasteiger partial charge >= 0.3 is 12.0 Å². The number of hydrogen-bond donors (Lipinski definition) is 2. The van der Waals surface area contributed by atoms with Gasteiger partial charge in [-0.15, -0.1) is 27.9 Å². The monoisotopic (exact) mass is 485 g/mol. The van der Waals surface area contributed by atoms with Crippen molar-refractivity contribution in [2.75, 3.05) is 12.4 Å². The maximum Gasteiger partial charge on any atom is 0.325 e. The summed E-state index contributed by atoms with van der Waals surface area (Å²) < 4.78 is 35.1. The van der Waals surface area contributed by atoms with Gasteiger partial charge in [0, 0.05) is 5.75 Å². The van der Waals surface area contributed by atoms with E-state index < -0.39 is 27.3 Å². The molecule has 2 rings (SSSR count). The molecule has 0 aliphatic carbocycles. The molecule has 1 aliphatic heterocycles. The van der Waals surface area contributed by atoms with Gasteiger partial charge in [-0.2, -0.15) is 8.42 Å². The van der Waals surface area contributed by atoms with Crippen LogP contribution >= 0.6 is 23.5 Å². The lowest BCUT2D eigenvalue weighted by Crippen LogP contribution is -2.23. The van der Waals surface area contributed by atoms with Crippen molar-refractivity contribution in [3.63, 3.8) is 0 Å². The van der Waals surface area contributed by atoms with Crippen LogP contribution in [0.2, 0.25) is 0 Å². The lowest BCUT2D eigenvalue weighted by atomic mass is 10.2. The number of thioether (sulfide) groups is 2. The zero-order valence-electron chi connectivity index (χ0n) is 18.1. The van der Waals surface area contributed by atoms with Crippen LogP contribution < -0.4 is 10.6 Å². The minimum absolute atomic E-state index is 0.0232. The second-order valence-electron chi connectivity index (χ2n) is 7.19. The lowest BCUT2D eigenvalue weighted by Gasteiger charge is -2.15. The van der Waals surface area contributed by atoms with Gasteiger partial charge in [0.25, 0.3) is 10.0 Å². The summed E-state index contributed by atoms with van der Waals surface area (Å²) in [7, 11) is -4.05. The predicted molar refractivity (Wildman–Crippen MR) is 125 cm³/mol. The molecule has 1 unspecified atom stereocenters. The number of benzene rings is 1.